The Bertz CT molecular complexity index is 346. The van der Waals surface area contributed by atoms with Crippen molar-refractivity contribution < 1.29 is 4.74 Å². The summed E-state index contributed by atoms with van der Waals surface area (Å²) in [4.78, 5) is 2.53. The summed E-state index contributed by atoms with van der Waals surface area (Å²) in [7, 11) is 1.77. The van der Waals surface area contributed by atoms with Crippen molar-refractivity contribution in [3.8, 4) is 0 Å². The molecule has 3 nitrogen and oxygen atoms in total. The van der Waals surface area contributed by atoms with Crippen LogP contribution in [0.4, 0.5) is 5.69 Å². The van der Waals surface area contributed by atoms with Crippen LogP contribution in [0.15, 0.2) is 24.3 Å². The third kappa shape index (κ3) is 3.72. The van der Waals surface area contributed by atoms with Gasteiger partial charge >= 0.3 is 0 Å². The first kappa shape index (κ1) is 13.4. The van der Waals surface area contributed by atoms with E-state index >= 15 is 0 Å². The second kappa shape index (κ2) is 7.39. The molecule has 18 heavy (non-hydrogen) atoms. The minimum absolute atomic E-state index is 0.798. The van der Waals surface area contributed by atoms with E-state index < -0.39 is 0 Å². The van der Waals surface area contributed by atoms with Crippen molar-refractivity contribution in [2.45, 2.75) is 19.3 Å². The lowest BCUT2D eigenvalue weighted by Crippen LogP contribution is -2.34. The van der Waals surface area contributed by atoms with Crippen LogP contribution in [0.3, 0.4) is 0 Å². The van der Waals surface area contributed by atoms with Crippen molar-refractivity contribution in [2.75, 3.05) is 44.8 Å². The number of rotatable bonds is 4. The summed E-state index contributed by atoms with van der Waals surface area (Å²) >= 11 is 0. The first-order valence-electron chi connectivity index (χ1n) is 6.94. The van der Waals surface area contributed by atoms with Gasteiger partial charge in [-0.05, 0) is 44.0 Å². The van der Waals surface area contributed by atoms with Gasteiger partial charge in [0.05, 0.1) is 6.61 Å². The fourth-order valence-corrected chi connectivity index (χ4v) is 2.51. The number of nitrogens with zero attached hydrogens (tertiary/aromatic N) is 1. The molecule has 100 valence electrons. The van der Waals surface area contributed by atoms with E-state index in [-0.39, 0.29) is 0 Å². The molecule has 1 aromatic rings. The summed E-state index contributed by atoms with van der Waals surface area (Å²) in [5.41, 5.74) is 2.81. The van der Waals surface area contributed by atoms with Gasteiger partial charge in [0.1, 0.15) is 0 Å². The summed E-state index contributed by atoms with van der Waals surface area (Å²) in [5.74, 6) is 0. The van der Waals surface area contributed by atoms with Crippen molar-refractivity contribution in [2.24, 2.45) is 0 Å². The highest BCUT2D eigenvalue weighted by molar-refractivity contribution is 5.53. The Hall–Kier alpha value is -1.06. The normalized spacial score (nSPS) is 17.3. The van der Waals surface area contributed by atoms with Crippen LogP contribution in [0.2, 0.25) is 0 Å². The molecule has 1 heterocycles. The molecule has 1 saturated heterocycles. The van der Waals surface area contributed by atoms with Gasteiger partial charge in [0.2, 0.25) is 0 Å². The van der Waals surface area contributed by atoms with Crippen LogP contribution in [0, 0.1) is 0 Å². The molecule has 1 aliphatic rings. The lowest BCUT2D eigenvalue weighted by molar-refractivity contribution is 0.202. The SMILES string of the molecule is COCCc1ccccc1N1CCCNCCC1. The maximum atomic E-state index is 5.20. The fraction of sp³-hybridized carbons (Fsp3) is 0.600. The quantitative estimate of drug-likeness (QED) is 0.883. The molecule has 0 atom stereocenters. The molecular formula is C15H24N2O. The van der Waals surface area contributed by atoms with Crippen molar-refractivity contribution >= 4 is 5.69 Å². The van der Waals surface area contributed by atoms with Crippen molar-refractivity contribution in [3.63, 3.8) is 0 Å². The molecule has 3 heteroatoms. The monoisotopic (exact) mass is 248 g/mol. The zero-order chi connectivity index (χ0) is 12.6. The van der Waals surface area contributed by atoms with Gasteiger partial charge in [-0.15, -0.1) is 0 Å². The standard InChI is InChI=1S/C15H24N2O/c1-18-13-8-14-6-2-3-7-15(14)17-11-4-9-16-10-5-12-17/h2-3,6-7,16H,4-5,8-13H2,1H3. The predicted octanol–water partition coefficient (Wildman–Crippen LogP) is 2.07. The van der Waals surface area contributed by atoms with Crippen LogP contribution in [0.5, 0.6) is 0 Å². The van der Waals surface area contributed by atoms with Crippen LogP contribution < -0.4 is 10.2 Å². The van der Waals surface area contributed by atoms with E-state index in [4.69, 9.17) is 4.74 Å². The van der Waals surface area contributed by atoms with Crippen LogP contribution in [0.25, 0.3) is 0 Å². The van der Waals surface area contributed by atoms with E-state index in [1.165, 1.54) is 24.1 Å². The predicted molar refractivity (Wildman–Crippen MR) is 76.3 cm³/mol. The Morgan fingerprint density at radius 1 is 1.17 bits per heavy atom. The lowest BCUT2D eigenvalue weighted by atomic mass is 10.1. The molecule has 1 aliphatic heterocycles. The number of anilines is 1. The van der Waals surface area contributed by atoms with Gasteiger partial charge in [-0.25, -0.2) is 0 Å². The summed E-state index contributed by atoms with van der Waals surface area (Å²) in [6.07, 6.45) is 3.44. The van der Waals surface area contributed by atoms with Gasteiger partial charge in [-0.3, -0.25) is 0 Å². The van der Waals surface area contributed by atoms with E-state index in [1.807, 2.05) is 0 Å². The number of hydrogen-bond donors (Lipinski definition) is 1. The second-order valence-electron chi connectivity index (χ2n) is 4.82. The smallest absolute Gasteiger partial charge is 0.0503 e. The molecule has 0 bridgehead atoms. The lowest BCUT2D eigenvalue weighted by Gasteiger charge is -2.29. The molecular weight excluding hydrogens is 224 g/mol. The first-order chi connectivity index (χ1) is 8.92. The Kier molecular flexibility index (Phi) is 5.49. The number of para-hydroxylation sites is 1. The highest BCUT2D eigenvalue weighted by atomic mass is 16.5. The zero-order valence-electron chi connectivity index (χ0n) is 11.3. The van der Waals surface area contributed by atoms with Gasteiger partial charge < -0.3 is 15.0 Å². The van der Waals surface area contributed by atoms with Crippen LogP contribution in [-0.2, 0) is 11.2 Å². The van der Waals surface area contributed by atoms with Crippen LogP contribution in [0.1, 0.15) is 18.4 Å². The van der Waals surface area contributed by atoms with E-state index in [2.05, 4.69) is 34.5 Å². The Labute approximate surface area is 110 Å². The fourth-order valence-electron chi connectivity index (χ4n) is 2.51. The van der Waals surface area contributed by atoms with Gasteiger partial charge in [0.15, 0.2) is 0 Å². The average Bonchev–Trinajstić information content (AvgIpc) is 2.37. The molecule has 0 aliphatic carbocycles. The largest absolute Gasteiger partial charge is 0.384 e. The van der Waals surface area contributed by atoms with Crippen LogP contribution in [-0.4, -0.2) is 39.9 Å². The van der Waals surface area contributed by atoms with Gasteiger partial charge in [0.25, 0.3) is 0 Å². The molecule has 0 aromatic heterocycles. The second-order valence-corrected chi connectivity index (χ2v) is 4.82. The Morgan fingerprint density at radius 3 is 2.61 bits per heavy atom. The zero-order valence-corrected chi connectivity index (χ0v) is 11.3. The molecule has 1 aromatic carbocycles. The molecule has 0 unspecified atom stereocenters. The number of nitrogens with one attached hydrogen (secondary N) is 1. The summed E-state index contributed by atoms with van der Waals surface area (Å²) in [6.45, 7) is 5.37. The minimum atomic E-state index is 0.798. The molecule has 0 spiro atoms. The third-order valence-electron chi connectivity index (χ3n) is 3.47. The topological polar surface area (TPSA) is 24.5 Å². The van der Waals surface area contributed by atoms with E-state index in [0.717, 1.165) is 39.2 Å². The van der Waals surface area contributed by atoms with Crippen molar-refractivity contribution in [1.82, 2.24) is 5.32 Å². The first-order valence-corrected chi connectivity index (χ1v) is 6.94. The number of methoxy groups -OCH3 is 1. The number of benzene rings is 1. The molecule has 0 radical (unpaired) electrons. The molecule has 2 rings (SSSR count). The molecule has 1 N–H and O–H groups in total. The Morgan fingerprint density at radius 2 is 1.89 bits per heavy atom. The van der Waals surface area contributed by atoms with Crippen molar-refractivity contribution in [1.29, 1.82) is 0 Å². The third-order valence-corrected chi connectivity index (χ3v) is 3.47. The summed E-state index contributed by atoms with van der Waals surface area (Å²) in [6, 6.07) is 8.74. The maximum Gasteiger partial charge on any atom is 0.0503 e. The summed E-state index contributed by atoms with van der Waals surface area (Å²) < 4.78 is 5.20. The molecule has 0 saturated carbocycles. The van der Waals surface area contributed by atoms with E-state index in [1.54, 1.807) is 7.11 Å². The van der Waals surface area contributed by atoms with Crippen LogP contribution >= 0.6 is 0 Å². The van der Waals surface area contributed by atoms with Gasteiger partial charge in [-0.2, -0.15) is 0 Å². The summed E-state index contributed by atoms with van der Waals surface area (Å²) in [5, 5.41) is 3.46. The minimum Gasteiger partial charge on any atom is -0.384 e. The van der Waals surface area contributed by atoms with E-state index in [9.17, 15) is 0 Å². The number of hydrogen-bond acceptors (Lipinski definition) is 3. The van der Waals surface area contributed by atoms with Crippen molar-refractivity contribution in [3.05, 3.63) is 29.8 Å². The van der Waals surface area contributed by atoms with Gasteiger partial charge in [-0.1, -0.05) is 18.2 Å². The van der Waals surface area contributed by atoms with Gasteiger partial charge in [0, 0.05) is 25.9 Å². The Balaban J connectivity index is 2.08. The molecule has 1 fully saturated rings. The maximum absolute atomic E-state index is 5.20. The highest BCUT2D eigenvalue weighted by Gasteiger charge is 2.11. The average molecular weight is 248 g/mol. The number of ether oxygens (including phenoxy) is 1. The van der Waals surface area contributed by atoms with E-state index in [0.29, 0.717) is 0 Å². The molecule has 0 amide bonds. The highest BCUT2D eigenvalue weighted by Crippen LogP contribution is 2.22.